The molecule has 3 heterocycles. The zero-order valence-corrected chi connectivity index (χ0v) is 21.6. The fraction of sp³-hybridized carbons (Fsp3) is 0.154. The standard InChI is InChI=1S/C26H22N4O3S3/c1-2-19-7-5-8-20(17-19)36(32,33)30-14-12-29(13-15-30)23-10-4-3-9-21(23)27-25(31)22-18-35-26(28-22)24-11-6-16-34-24/h1,3-11,16-18H,12-15H2,(H,27,31). The second-order valence-corrected chi connectivity index (χ2v) is 11.8. The first-order valence-corrected chi connectivity index (χ1v) is 14.4. The van der Waals surface area contributed by atoms with Gasteiger partial charge >= 0.3 is 0 Å². The molecular formula is C26H22N4O3S3. The van der Waals surface area contributed by atoms with Crippen molar-refractivity contribution in [3.8, 4) is 22.2 Å². The van der Waals surface area contributed by atoms with Gasteiger partial charge in [0.25, 0.3) is 5.91 Å². The molecule has 1 aliphatic heterocycles. The van der Waals surface area contributed by atoms with Crippen LogP contribution in [0.15, 0.2) is 76.3 Å². The smallest absolute Gasteiger partial charge is 0.275 e. The van der Waals surface area contributed by atoms with Crippen LogP contribution < -0.4 is 10.2 Å². The lowest BCUT2D eigenvalue weighted by Gasteiger charge is -2.36. The van der Waals surface area contributed by atoms with Crippen molar-refractivity contribution in [2.75, 3.05) is 36.4 Å². The summed E-state index contributed by atoms with van der Waals surface area (Å²) >= 11 is 3.02. The minimum absolute atomic E-state index is 0.198. The number of amides is 1. The van der Waals surface area contributed by atoms with Gasteiger partial charge in [-0.15, -0.1) is 29.1 Å². The summed E-state index contributed by atoms with van der Waals surface area (Å²) in [5.74, 6) is 2.20. The minimum Gasteiger partial charge on any atom is -0.367 e. The lowest BCUT2D eigenvalue weighted by molar-refractivity contribution is 0.102. The third-order valence-electron chi connectivity index (χ3n) is 5.84. The first-order valence-electron chi connectivity index (χ1n) is 11.2. The fourth-order valence-corrected chi connectivity index (χ4v) is 7.08. The van der Waals surface area contributed by atoms with Crippen molar-refractivity contribution in [1.29, 1.82) is 0 Å². The predicted octanol–water partition coefficient (Wildman–Crippen LogP) is 4.62. The van der Waals surface area contributed by atoms with Gasteiger partial charge in [-0.05, 0) is 41.8 Å². The van der Waals surface area contributed by atoms with Gasteiger partial charge in [0.15, 0.2) is 0 Å². The highest BCUT2D eigenvalue weighted by Crippen LogP contribution is 2.30. The molecule has 0 bridgehead atoms. The highest BCUT2D eigenvalue weighted by molar-refractivity contribution is 7.89. The SMILES string of the molecule is C#Cc1cccc(S(=O)(=O)N2CCN(c3ccccc3NC(=O)c3csc(-c4cccs4)n3)CC2)c1. The number of para-hydroxylation sites is 2. The Morgan fingerprint density at radius 2 is 1.81 bits per heavy atom. The maximum atomic E-state index is 13.1. The fourth-order valence-electron chi connectivity index (χ4n) is 4.00. The van der Waals surface area contributed by atoms with Crippen molar-refractivity contribution in [3.05, 3.63) is 82.7 Å². The number of thiophene rings is 1. The van der Waals surface area contributed by atoms with E-state index in [0.29, 0.717) is 43.1 Å². The molecule has 182 valence electrons. The van der Waals surface area contributed by atoms with Crippen LogP contribution in [0, 0.1) is 12.3 Å². The highest BCUT2D eigenvalue weighted by atomic mass is 32.2. The number of sulfonamides is 1. The number of piperazine rings is 1. The van der Waals surface area contributed by atoms with Crippen molar-refractivity contribution in [2.24, 2.45) is 0 Å². The molecule has 2 aromatic heterocycles. The molecule has 4 aromatic rings. The van der Waals surface area contributed by atoms with Crippen LogP contribution in [-0.4, -0.2) is 49.8 Å². The van der Waals surface area contributed by atoms with Gasteiger partial charge in [-0.3, -0.25) is 4.79 Å². The summed E-state index contributed by atoms with van der Waals surface area (Å²) in [5.41, 5.74) is 2.39. The Balaban J connectivity index is 1.28. The number of nitrogens with one attached hydrogen (secondary N) is 1. The Morgan fingerprint density at radius 3 is 2.56 bits per heavy atom. The number of rotatable bonds is 6. The molecule has 7 nitrogen and oxygen atoms in total. The number of hydrogen-bond acceptors (Lipinski definition) is 7. The van der Waals surface area contributed by atoms with Gasteiger partial charge in [0.1, 0.15) is 10.7 Å². The topological polar surface area (TPSA) is 82.6 Å². The van der Waals surface area contributed by atoms with Crippen molar-refractivity contribution in [3.63, 3.8) is 0 Å². The van der Waals surface area contributed by atoms with E-state index in [-0.39, 0.29) is 10.8 Å². The number of hydrogen-bond donors (Lipinski definition) is 1. The average Bonchev–Trinajstić information content (AvgIpc) is 3.62. The van der Waals surface area contributed by atoms with E-state index in [4.69, 9.17) is 6.42 Å². The van der Waals surface area contributed by atoms with Crippen LogP contribution >= 0.6 is 22.7 Å². The molecule has 1 saturated heterocycles. The summed E-state index contributed by atoms with van der Waals surface area (Å²) in [4.78, 5) is 20.7. The predicted molar refractivity (Wildman–Crippen MR) is 145 cm³/mol. The molecular weight excluding hydrogens is 513 g/mol. The summed E-state index contributed by atoms with van der Waals surface area (Å²) < 4.78 is 27.7. The van der Waals surface area contributed by atoms with E-state index in [0.717, 1.165) is 15.6 Å². The number of carbonyl (C=O) groups is 1. The van der Waals surface area contributed by atoms with Crippen LogP contribution in [-0.2, 0) is 10.0 Å². The Bertz CT molecular complexity index is 1530. The Morgan fingerprint density at radius 1 is 1.00 bits per heavy atom. The normalized spacial score (nSPS) is 14.4. The molecule has 1 N–H and O–H groups in total. The zero-order valence-electron chi connectivity index (χ0n) is 19.1. The molecule has 1 aliphatic rings. The van der Waals surface area contributed by atoms with Crippen LogP contribution in [0.3, 0.4) is 0 Å². The van der Waals surface area contributed by atoms with Gasteiger partial charge in [-0.2, -0.15) is 4.31 Å². The van der Waals surface area contributed by atoms with E-state index in [1.165, 1.54) is 21.7 Å². The summed E-state index contributed by atoms with van der Waals surface area (Å²) in [6.45, 7) is 1.61. The number of anilines is 2. The third-order valence-corrected chi connectivity index (χ3v) is 9.61. The van der Waals surface area contributed by atoms with E-state index >= 15 is 0 Å². The number of nitrogens with zero attached hydrogens (tertiary/aromatic N) is 3. The lowest BCUT2D eigenvalue weighted by atomic mass is 10.2. The molecule has 0 spiro atoms. The largest absolute Gasteiger partial charge is 0.367 e. The first-order chi connectivity index (χ1) is 17.5. The zero-order chi connectivity index (χ0) is 25.1. The summed E-state index contributed by atoms with van der Waals surface area (Å²) in [6, 6.07) is 17.9. The summed E-state index contributed by atoms with van der Waals surface area (Å²) in [6.07, 6.45) is 5.43. The van der Waals surface area contributed by atoms with E-state index in [1.807, 2.05) is 41.8 Å². The molecule has 1 amide bonds. The molecule has 1 fully saturated rings. The summed E-state index contributed by atoms with van der Waals surface area (Å²) in [7, 11) is -3.65. The molecule has 0 unspecified atom stereocenters. The van der Waals surface area contributed by atoms with E-state index in [9.17, 15) is 13.2 Å². The maximum absolute atomic E-state index is 13.1. The Labute approximate surface area is 218 Å². The Hall–Kier alpha value is -3.49. The van der Waals surface area contributed by atoms with Gasteiger partial charge in [0.05, 0.1) is 21.1 Å². The molecule has 36 heavy (non-hydrogen) atoms. The molecule has 0 atom stereocenters. The van der Waals surface area contributed by atoms with E-state index < -0.39 is 10.0 Å². The van der Waals surface area contributed by atoms with Gasteiger partial charge in [-0.25, -0.2) is 13.4 Å². The quantitative estimate of drug-likeness (QED) is 0.365. The van der Waals surface area contributed by atoms with Gasteiger partial charge < -0.3 is 10.2 Å². The first kappa shape index (κ1) is 24.2. The maximum Gasteiger partial charge on any atom is 0.275 e. The molecule has 0 aliphatic carbocycles. The average molecular weight is 535 g/mol. The van der Waals surface area contributed by atoms with Crippen molar-refractivity contribution in [2.45, 2.75) is 4.90 Å². The van der Waals surface area contributed by atoms with Crippen LogP contribution in [0.1, 0.15) is 16.1 Å². The van der Waals surface area contributed by atoms with Gasteiger partial charge in [0, 0.05) is 37.1 Å². The third kappa shape index (κ3) is 4.92. The molecule has 0 radical (unpaired) electrons. The number of thiazole rings is 1. The molecule has 5 rings (SSSR count). The van der Waals surface area contributed by atoms with Crippen molar-refractivity contribution >= 4 is 50.0 Å². The second kappa shape index (κ2) is 10.2. The van der Waals surface area contributed by atoms with Crippen LogP contribution in [0.25, 0.3) is 9.88 Å². The van der Waals surface area contributed by atoms with Crippen molar-refractivity contribution < 1.29 is 13.2 Å². The van der Waals surface area contributed by atoms with E-state index in [2.05, 4.69) is 21.1 Å². The number of aromatic nitrogens is 1. The molecule has 10 heteroatoms. The molecule has 0 saturated carbocycles. The van der Waals surface area contributed by atoms with Gasteiger partial charge in [-0.1, -0.05) is 30.2 Å². The molecule has 2 aromatic carbocycles. The second-order valence-electron chi connectivity index (χ2n) is 8.05. The van der Waals surface area contributed by atoms with Crippen LogP contribution in [0.4, 0.5) is 11.4 Å². The highest BCUT2D eigenvalue weighted by Gasteiger charge is 2.29. The number of terminal acetylenes is 1. The van der Waals surface area contributed by atoms with E-state index in [1.54, 1.807) is 34.9 Å². The minimum atomic E-state index is -3.65. The number of carbonyl (C=O) groups excluding carboxylic acids is 1. The summed E-state index contributed by atoms with van der Waals surface area (Å²) in [5, 5.41) is 7.53. The lowest BCUT2D eigenvalue weighted by Crippen LogP contribution is -2.48. The van der Waals surface area contributed by atoms with Crippen LogP contribution in [0.2, 0.25) is 0 Å². The Kier molecular flexibility index (Phi) is 6.89. The van der Waals surface area contributed by atoms with Crippen molar-refractivity contribution in [1.82, 2.24) is 9.29 Å². The number of benzene rings is 2. The monoisotopic (exact) mass is 534 g/mol. The van der Waals surface area contributed by atoms with Gasteiger partial charge in [0.2, 0.25) is 10.0 Å². The van der Waals surface area contributed by atoms with Crippen LogP contribution in [0.5, 0.6) is 0 Å².